The predicted molar refractivity (Wildman–Crippen MR) is 65.7 cm³/mol. The molecule has 0 saturated heterocycles. The van der Waals surface area contributed by atoms with Gasteiger partial charge in [-0.3, -0.25) is 0 Å². The van der Waals surface area contributed by atoms with Crippen LogP contribution < -0.4 is 5.32 Å². The number of sulfone groups is 1. The third kappa shape index (κ3) is 3.10. The highest BCUT2D eigenvalue weighted by molar-refractivity contribution is 7.94. The highest BCUT2D eigenvalue weighted by atomic mass is 32.2. The average molecular weight is 279 g/mol. The number of anilines is 2. The zero-order valence-electron chi connectivity index (χ0n) is 9.54. The van der Waals surface area contributed by atoms with E-state index < -0.39 is 15.9 Å². The summed E-state index contributed by atoms with van der Waals surface area (Å²) in [6, 6.07) is 5.78. The van der Waals surface area contributed by atoms with Crippen LogP contribution in [0.25, 0.3) is 0 Å². The number of nitrogens with one attached hydrogen (secondary N) is 1. The molecule has 19 heavy (non-hydrogen) atoms. The zero-order valence-corrected chi connectivity index (χ0v) is 10.4. The van der Waals surface area contributed by atoms with Crippen LogP contribution >= 0.6 is 0 Å². The Bertz CT molecular complexity index is 701. The van der Waals surface area contributed by atoms with Crippen LogP contribution in [0.2, 0.25) is 0 Å². The van der Waals surface area contributed by atoms with Crippen LogP contribution in [0.4, 0.5) is 16.0 Å². The van der Waals surface area contributed by atoms with E-state index in [2.05, 4.69) is 33.2 Å². The van der Waals surface area contributed by atoms with Crippen molar-refractivity contribution in [2.45, 2.75) is 4.90 Å². The number of hydrogen-bond acceptors (Lipinski definition) is 6. The molecule has 0 atom stereocenters. The standard InChI is InChI=1S/C11H8FN4O2S/c1-2-19(17,18)9-5-3-8(4-6-9)15-11-14-7-13-10(12)16-11/h2-6H,1H2,(H,13,14,15,16). The first-order valence-corrected chi connectivity index (χ1v) is 6.58. The fraction of sp³-hybridized carbons (Fsp3) is 0. The van der Waals surface area contributed by atoms with Gasteiger partial charge < -0.3 is 5.32 Å². The average Bonchev–Trinajstić information content (AvgIpc) is 2.39. The monoisotopic (exact) mass is 279 g/mol. The van der Waals surface area contributed by atoms with E-state index in [1.165, 1.54) is 24.3 Å². The molecule has 2 aromatic rings. The van der Waals surface area contributed by atoms with Gasteiger partial charge in [0.25, 0.3) is 0 Å². The molecule has 0 bridgehead atoms. The molecule has 0 aliphatic heterocycles. The van der Waals surface area contributed by atoms with Gasteiger partial charge in [0.15, 0.2) is 9.84 Å². The number of hydrogen-bond donors (Lipinski definition) is 1. The molecule has 97 valence electrons. The molecule has 0 fully saturated rings. The van der Waals surface area contributed by atoms with Gasteiger partial charge in [0.1, 0.15) is 0 Å². The lowest BCUT2D eigenvalue weighted by Crippen LogP contribution is -2.01. The van der Waals surface area contributed by atoms with Gasteiger partial charge in [-0.25, -0.2) is 8.42 Å². The third-order valence-corrected chi connectivity index (χ3v) is 3.52. The summed E-state index contributed by atoms with van der Waals surface area (Å²) in [7, 11) is -3.47. The molecule has 1 heterocycles. The number of halogens is 1. The van der Waals surface area contributed by atoms with Crippen LogP contribution in [-0.4, -0.2) is 23.4 Å². The van der Waals surface area contributed by atoms with E-state index in [9.17, 15) is 12.8 Å². The molecule has 0 amide bonds. The Morgan fingerprint density at radius 1 is 1.26 bits per heavy atom. The lowest BCUT2D eigenvalue weighted by molar-refractivity contribution is 0.533. The topological polar surface area (TPSA) is 84.8 Å². The lowest BCUT2D eigenvalue weighted by atomic mass is 10.3. The third-order valence-electron chi connectivity index (χ3n) is 2.15. The van der Waals surface area contributed by atoms with Crippen LogP contribution in [0.5, 0.6) is 0 Å². The van der Waals surface area contributed by atoms with Crippen LogP contribution in [-0.2, 0) is 9.84 Å². The molecule has 0 aliphatic carbocycles. The smallest absolute Gasteiger partial charge is 0.314 e. The maximum atomic E-state index is 12.7. The minimum atomic E-state index is -3.47. The van der Waals surface area contributed by atoms with Crippen molar-refractivity contribution in [3.8, 4) is 0 Å². The molecule has 1 aromatic heterocycles. The van der Waals surface area contributed by atoms with Crippen molar-refractivity contribution in [3.63, 3.8) is 0 Å². The molecule has 2 rings (SSSR count). The summed E-state index contributed by atoms with van der Waals surface area (Å²) >= 11 is 0. The molecule has 0 spiro atoms. The quantitative estimate of drug-likeness (QED) is 0.912. The van der Waals surface area contributed by atoms with E-state index in [0.717, 1.165) is 5.41 Å². The molecule has 1 N–H and O–H groups in total. The van der Waals surface area contributed by atoms with Crippen molar-refractivity contribution >= 4 is 21.5 Å². The van der Waals surface area contributed by atoms with Crippen molar-refractivity contribution < 1.29 is 12.8 Å². The summed E-state index contributed by atoms with van der Waals surface area (Å²) in [5.74, 6) is -0.0215. The first-order chi connectivity index (χ1) is 9.01. The van der Waals surface area contributed by atoms with Gasteiger partial charge in [0.05, 0.1) is 4.90 Å². The summed E-state index contributed by atoms with van der Waals surface area (Å²) in [5, 5.41) is 3.55. The van der Waals surface area contributed by atoms with Gasteiger partial charge in [-0.2, -0.15) is 19.3 Å². The van der Waals surface area contributed by atoms with Gasteiger partial charge in [-0.15, -0.1) is 0 Å². The Kier molecular flexibility index (Phi) is 3.52. The van der Waals surface area contributed by atoms with Crippen molar-refractivity contribution in [1.29, 1.82) is 0 Å². The molecule has 1 radical (unpaired) electrons. The first-order valence-electron chi connectivity index (χ1n) is 5.03. The second-order valence-electron chi connectivity index (χ2n) is 3.39. The van der Waals surface area contributed by atoms with E-state index in [0.29, 0.717) is 5.69 Å². The molecular weight excluding hydrogens is 271 g/mol. The van der Waals surface area contributed by atoms with E-state index in [4.69, 9.17) is 0 Å². The van der Waals surface area contributed by atoms with Crippen molar-refractivity contribution in [1.82, 2.24) is 15.0 Å². The summed E-state index contributed by atoms with van der Waals surface area (Å²) < 4.78 is 35.7. The lowest BCUT2D eigenvalue weighted by Gasteiger charge is -2.04. The largest absolute Gasteiger partial charge is 0.324 e. The molecule has 1 aromatic carbocycles. The minimum Gasteiger partial charge on any atom is -0.324 e. The number of rotatable bonds is 4. The van der Waals surface area contributed by atoms with Crippen molar-refractivity contribution in [3.05, 3.63) is 48.7 Å². The summed E-state index contributed by atoms with van der Waals surface area (Å²) in [6.07, 6.45) is 1.13. The van der Waals surface area contributed by atoms with Gasteiger partial charge >= 0.3 is 6.08 Å². The number of aromatic nitrogens is 3. The van der Waals surface area contributed by atoms with Crippen molar-refractivity contribution in [2.75, 3.05) is 5.32 Å². The predicted octanol–water partition coefficient (Wildman–Crippen LogP) is 1.47. The van der Waals surface area contributed by atoms with Gasteiger partial charge in [0, 0.05) is 11.1 Å². The second kappa shape index (κ2) is 5.11. The fourth-order valence-corrected chi connectivity index (χ4v) is 1.97. The van der Waals surface area contributed by atoms with Crippen LogP contribution in [0.3, 0.4) is 0 Å². The maximum absolute atomic E-state index is 12.7. The van der Waals surface area contributed by atoms with E-state index in [-0.39, 0.29) is 10.8 Å². The summed E-state index contributed by atoms with van der Waals surface area (Å²) in [5.41, 5.74) is 0.502. The highest BCUT2D eigenvalue weighted by Crippen LogP contribution is 2.17. The van der Waals surface area contributed by atoms with Gasteiger partial charge in [-0.1, -0.05) is 6.58 Å². The molecule has 0 saturated carbocycles. The number of benzene rings is 1. The highest BCUT2D eigenvalue weighted by Gasteiger charge is 2.09. The van der Waals surface area contributed by atoms with Crippen LogP contribution in [0.1, 0.15) is 0 Å². The molecule has 0 aliphatic rings. The van der Waals surface area contributed by atoms with Crippen LogP contribution in [0, 0.1) is 12.4 Å². The Morgan fingerprint density at radius 3 is 2.53 bits per heavy atom. The maximum Gasteiger partial charge on any atom is 0.314 e. The van der Waals surface area contributed by atoms with E-state index in [1.54, 1.807) is 0 Å². The molecule has 8 heteroatoms. The normalized spacial score (nSPS) is 11.0. The molecular formula is C11H8FN4O2S. The van der Waals surface area contributed by atoms with Gasteiger partial charge in [-0.05, 0) is 24.3 Å². The minimum absolute atomic E-state index is 0.0215. The Morgan fingerprint density at radius 2 is 1.95 bits per heavy atom. The van der Waals surface area contributed by atoms with Gasteiger partial charge in [0.2, 0.25) is 12.3 Å². The second-order valence-corrected chi connectivity index (χ2v) is 5.28. The summed E-state index contributed by atoms with van der Waals surface area (Å²) in [6.45, 7) is 3.23. The van der Waals surface area contributed by atoms with E-state index in [1.807, 2.05) is 0 Å². The SMILES string of the molecule is C=CS(=O)(=O)c1ccc(Nc2n[c]nc(F)n2)cc1. The Hall–Kier alpha value is -2.35. The Balaban J connectivity index is 2.22. The number of nitrogens with zero attached hydrogens (tertiary/aromatic N) is 3. The Labute approximate surface area is 109 Å². The van der Waals surface area contributed by atoms with Crippen LogP contribution in [0.15, 0.2) is 41.1 Å². The van der Waals surface area contributed by atoms with E-state index >= 15 is 0 Å². The van der Waals surface area contributed by atoms with Crippen molar-refractivity contribution in [2.24, 2.45) is 0 Å². The molecule has 6 nitrogen and oxygen atoms in total. The zero-order chi connectivity index (χ0) is 13.9. The summed E-state index contributed by atoms with van der Waals surface area (Å²) in [4.78, 5) is 10.2. The fourth-order valence-electron chi connectivity index (χ4n) is 1.26. The molecule has 0 unspecified atom stereocenters. The first kappa shape index (κ1) is 13.1.